The first kappa shape index (κ1) is 35.6. The molecule has 0 amide bonds. The first-order valence-corrected chi connectivity index (χ1v) is 16.2. The van der Waals surface area contributed by atoms with Crippen LogP contribution < -0.4 is 18.9 Å². The van der Waals surface area contributed by atoms with E-state index in [1.807, 2.05) is 84.9 Å². The number of pyridine rings is 1. The number of ether oxygens (including phenoxy) is 6. The summed E-state index contributed by atoms with van der Waals surface area (Å²) in [6.07, 6.45) is 1.42. The van der Waals surface area contributed by atoms with E-state index in [1.165, 1.54) is 0 Å². The van der Waals surface area contributed by atoms with Gasteiger partial charge in [0.05, 0.1) is 70.8 Å². The number of aromatic nitrogens is 1. The number of rotatable bonds is 1. The molecule has 3 aromatic carbocycles. The van der Waals surface area contributed by atoms with Crippen LogP contribution in [0.25, 0.3) is 0 Å². The molecule has 0 aliphatic carbocycles. The molecule has 4 aliphatic heterocycles. The van der Waals surface area contributed by atoms with Crippen LogP contribution in [-0.2, 0) is 42.5 Å². The third-order valence-corrected chi connectivity index (χ3v) is 6.52. The van der Waals surface area contributed by atoms with Crippen molar-refractivity contribution in [1.82, 2.24) is 4.98 Å². The van der Waals surface area contributed by atoms with Crippen LogP contribution in [0.3, 0.4) is 0 Å². The molecule has 46 heavy (non-hydrogen) atoms. The van der Waals surface area contributed by atoms with Gasteiger partial charge in [-0.1, -0.05) is 65.1 Å². The zero-order valence-corrected chi connectivity index (χ0v) is 27.7. The molecule has 5 heterocycles. The van der Waals surface area contributed by atoms with Crippen molar-refractivity contribution in [3.05, 3.63) is 113 Å². The predicted octanol–water partition coefficient (Wildman–Crippen LogP) is 8.00. The van der Waals surface area contributed by atoms with Gasteiger partial charge in [0.15, 0.2) is 4.30 Å². The van der Waals surface area contributed by atoms with Crippen LogP contribution in [-0.4, -0.2) is 40.8 Å². The highest BCUT2D eigenvalue weighted by Crippen LogP contribution is 2.24. The molecule has 0 saturated heterocycles. The maximum absolute atomic E-state index is 9.67. The molecule has 0 unspecified atom stereocenters. The number of aliphatic hydroxyl groups is 1. The molecule has 0 fully saturated rings. The van der Waals surface area contributed by atoms with Crippen molar-refractivity contribution < 1.29 is 33.5 Å². The van der Waals surface area contributed by atoms with E-state index >= 15 is 0 Å². The van der Waals surface area contributed by atoms with Crippen molar-refractivity contribution in [2.75, 3.05) is 26.4 Å². The number of nitrogens with zero attached hydrogens (tertiary/aromatic N) is 1. The van der Waals surface area contributed by atoms with Crippen LogP contribution in [0.15, 0.2) is 84.9 Å². The van der Waals surface area contributed by atoms with Crippen LogP contribution in [0.4, 0.5) is 0 Å². The lowest BCUT2D eigenvalue weighted by molar-refractivity contribution is 0.0980. The fourth-order valence-electron chi connectivity index (χ4n) is 4.37. The van der Waals surface area contributed by atoms with E-state index in [2.05, 4.69) is 4.98 Å². The van der Waals surface area contributed by atoms with Gasteiger partial charge in [0.25, 0.3) is 0 Å². The minimum atomic E-state index is -0.750. The van der Waals surface area contributed by atoms with Crippen LogP contribution in [0.1, 0.15) is 40.9 Å². The van der Waals surface area contributed by atoms with Crippen molar-refractivity contribution in [2.24, 2.45) is 0 Å². The third-order valence-electron chi connectivity index (χ3n) is 6.52. The Kier molecular flexibility index (Phi) is 15.6. The number of benzene rings is 3. The summed E-state index contributed by atoms with van der Waals surface area (Å²) in [7, 11) is 0. The Morgan fingerprint density at radius 1 is 0.565 bits per heavy atom. The molecule has 1 N–H and O–H groups in total. The summed E-state index contributed by atoms with van der Waals surface area (Å²) in [6.45, 7) is 3.71. The standard InChI is InChI=1S/C34H37NO7.CHCl3/c36-21-28-18-33-20-34(19-28)42-17-3-15-40-32-12-8-27(9-13-32)23-38-25-30-5-1-4-29(35-30)24-37-22-26-6-10-31(11-7-26)39-14-2-16-41-33;2-1(3)4/h1,4-13,18-20,36H,2-3,14-17,21-25H2;1H. The average Bonchev–Trinajstić information content (AvgIpc) is 3.05. The number of alkyl halides is 3. The molecule has 246 valence electrons. The largest absolute Gasteiger partial charge is 0.493 e. The zero-order chi connectivity index (χ0) is 32.4. The average molecular weight is 691 g/mol. The molecular weight excluding hydrogens is 653 g/mol. The number of hydrogen-bond donors (Lipinski definition) is 1. The van der Waals surface area contributed by atoms with Crippen LogP contribution in [0.2, 0.25) is 0 Å². The highest BCUT2D eigenvalue weighted by Gasteiger charge is 2.06. The summed E-state index contributed by atoms with van der Waals surface area (Å²) in [5, 5.41) is 9.67. The molecule has 0 saturated carbocycles. The Bertz CT molecular complexity index is 1340. The Labute approximate surface area is 285 Å². The topological polar surface area (TPSA) is 88.5 Å². The molecule has 11 heteroatoms. The molecular formula is C35H38Cl3NO7. The second-order valence-electron chi connectivity index (χ2n) is 10.2. The zero-order valence-electron chi connectivity index (χ0n) is 25.4. The SMILES string of the molecule is ClC(Cl)Cl.OCc1cc2cc(c1)OCCCOc1ccc(cc1)COCc1cccc(n1)COCc1ccc(cc1)OCCCO2. The molecule has 4 aliphatic rings. The monoisotopic (exact) mass is 689 g/mol. The Hall–Kier alpha value is -3.24. The van der Waals surface area contributed by atoms with Crippen molar-refractivity contribution in [1.29, 1.82) is 0 Å². The molecule has 0 atom stereocenters. The molecule has 0 radical (unpaired) electrons. The number of halogens is 3. The van der Waals surface area contributed by atoms with Gasteiger partial charge in [-0.15, -0.1) is 0 Å². The summed E-state index contributed by atoms with van der Waals surface area (Å²) in [4.78, 5) is 4.67. The van der Waals surface area contributed by atoms with Gasteiger partial charge in [-0.05, 0) is 65.2 Å². The first-order chi connectivity index (χ1) is 22.5. The van der Waals surface area contributed by atoms with Crippen molar-refractivity contribution in [3.8, 4) is 23.0 Å². The Morgan fingerprint density at radius 3 is 1.39 bits per heavy atom. The molecule has 8 bridgehead atoms. The first-order valence-electron chi connectivity index (χ1n) is 14.9. The minimum Gasteiger partial charge on any atom is -0.493 e. The summed E-state index contributed by atoms with van der Waals surface area (Å²) in [6, 6.07) is 27.2. The number of aliphatic hydroxyl groups excluding tert-OH is 1. The summed E-state index contributed by atoms with van der Waals surface area (Å²) in [5.41, 5.74) is 4.58. The highest BCUT2D eigenvalue weighted by atomic mass is 35.6. The van der Waals surface area contributed by atoms with Gasteiger partial charge in [-0.2, -0.15) is 0 Å². The maximum atomic E-state index is 9.67. The van der Waals surface area contributed by atoms with Crippen molar-refractivity contribution in [3.63, 3.8) is 0 Å². The summed E-state index contributed by atoms with van der Waals surface area (Å²) >= 11 is 14.4. The Balaban J connectivity index is 0.00000113. The van der Waals surface area contributed by atoms with E-state index in [0.717, 1.165) is 39.6 Å². The van der Waals surface area contributed by atoms with E-state index < -0.39 is 4.30 Å². The molecule has 4 aromatic rings. The van der Waals surface area contributed by atoms with Crippen LogP contribution >= 0.6 is 34.8 Å². The van der Waals surface area contributed by atoms with Gasteiger partial charge in [0, 0.05) is 18.9 Å². The molecule has 1 aromatic heterocycles. The summed E-state index contributed by atoms with van der Waals surface area (Å²) < 4.78 is 34.6. The van der Waals surface area contributed by atoms with E-state index in [4.69, 9.17) is 63.2 Å². The van der Waals surface area contributed by atoms with E-state index in [1.54, 1.807) is 0 Å². The van der Waals surface area contributed by atoms with Crippen molar-refractivity contribution in [2.45, 2.75) is 50.2 Å². The second kappa shape index (κ2) is 20.1. The van der Waals surface area contributed by atoms with Gasteiger partial charge in [0.2, 0.25) is 0 Å². The predicted molar refractivity (Wildman–Crippen MR) is 179 cm³/mol. The second-order valence-corrected chi connectivity index (χ2v) is 12.2. The van der Waals surface area contributed by atoms with Crippen molar-refractivity contribution >= 4 is 34.8 Å². The van der Waals surface area contributed by atoms with Gasteiger partial charge in [0.1, 0.15) is 23.0 Å². The smallest absolute Gasteiger partial charge is 0.180 e. The molecule has 8 rings (SSSR count). The fourth-order valence-corrected chi connectivity index (χ4v) is 4.37. The Morgan fingerprint density at radius 2 is 0.978 bits per heavy atom. The number of hydrogen-bond acceptors (Lipinski definition) is 8. The fraction of sp³-hybridized carbons (Fsp3) is 0.343. The lowest BCUT2D eigenvalue weighted by Gasteiger charge is -2.13. The lowest BCUT2D eigenvalue weighted by atomic mass is 10.2. The normalized spacial score (nSPS) is 14.9. The lowest BCUT2D eigenvalue weighted by Crippen LogP contribution is -2.07. The summed E-state index contributed by atoms with van der Waals surface area (Å²) in [5.74, 6) is 2.90. The van der Waals surface area contributed by atoms with Gasteiger partial charge in [-0.25, -0.2) is 0 Å². The molecule has 8 nitrogen and oxygen atoms in total. The minimum absolute atomic E-state index is 0.0917. The van der Waals surface area contributed by atoms with Gasteiger partial charge < -0.3 is 33.5 Å². The maximum Gasteiger partial charge on any atom is 0.180 e. The van der Waals surface area contributed by atoms with Gasteiger partial charge in [-0.3, -0.25) is 4.98 Å². The van der Waals surface area contributed by atoms with E-state index in [9.17, 15) is 5.11 Å². The van der Waals surface area contributed by atoms with Gasteiger partial charge >= 0.3 is 0 Å². The van der Waals surface area contributed by atoms with Crippen LogP contribution in [0.5, 0.6) is 23.0 Å². The highest BCUT2D eigenvalue weighted by molar-refractivity contribution is 6.63. The quantitative estimate of drug-likeness (QED) is 0.201. The van der Waals surface area contributed by atoms with E-state index in [0.29, 0.717) is 77.2 Å². The third kappa shape index (κ3) is 13.6. The molecule has 0 spiro atoms. The van der Waals surface area contributed by atoms with E-state index in [-0.39, 0.29) is 6.61 Å². The van der Waals surface area contributed by atoms with Crippen LogP contribution in [0, 0.1) is 0 Å².